The van der Waals surface area contributed by atoms with Crippen LogP contribution in [0.3, 0.4) is 0 Å². The number of carbonyl (C=O) groups is 7. The Morgan fingerprint density at radius 2 is 1.24 bits per heavy atom. The lowest BCUT2D eigenvalue weighted by Crippen LogP contribution is -2.64. The van der Waals surface area contributed by atoms with Crippen molar-refractivity contribution in [3.63, 3.8) is 0 Å². The van der Waals surface area contributed by atoms with Crippen molar-refractivity contribution in [1.29, 1.82) is 0 Å². The lowest BCUT2D eigenvalue weighted by Gasteiger charge is -2.44. The zero-order valence-electron chi connectivity index (χ0n) is 34.4. The van der Waals surface area contributed by atoms with Gasteiger partial charge in [-0.05, 0) is 13.8 Å². The number of nitrogens with one attached hydrogen (secondary N) is 4. The maximum absolute atomic E-state index is 12.6. The molecule has 27 heteroatoms. The number of carboxylic acids is 1. The third-order valence-electron chi connectivity index (χ3n) is 8.95. The van der Waals surface area contributed by atoms with Crippen molar-refractivity contribution in [1.82, 2.24) is 21.5 Å². The van der Waals surface area contributed by atoms with Crippen LogP contribution in [0.2, 0.25) is 0 Å². The third kappa shape index (κ3) is 15.8. The number of aliphatic hydroxyl groups is 5. The lowest BCUT2D eigenvalue weighted by molar-refractivity contribution is -0.284. The summed E-state index contributed by atoms with van der Waals surface area (Å²) in [7, 11) is 2.14. The largest absolute Gasteiger partial charge is 0.510 e. The molecule has 16 atom stereocenters. The highest BCUT2D eigenvalue weighted by Gasteiger charge is 2.47. The van der Waals surface area contributed by atoms with E-state index in [0.717, 1.165) is 27.4 Å². The second-order valence-corrected chi connectivity index (χ2v) is 13.6. The fourth-order valence-electron chi connectivity index (χ4n) is 6.02. The Balaban J connectivity index is 2.17. The van der Waals surface area contributed by atoms with Crippen molar-refractivity contribution in [2.45, 2.75) is 132 Å². The van der Waals surface area contributed by atoms with Crippen molar-refractivity contribution in [2.24, 2.45) is 10.2 Å². The predicted molar refractivity (Wildman–Crippen MR) is 203 cm³/mol. The van der Waals surface area contributed by atoms with Gasteiger partial charge in [-0.25, -0.2) is 15.6 Å². The second-order valence-electron chi connectivity index (χ2n) is 13.6. The van der Waals surface area contributed by atoms with Crippen molar-refractivity contribution in [3.8, 4) is 0 Å². The van der Waals surface area contributed by atoms with Crippen LogP contribution in [0.25, 0.3) is 0 Å². The summed E-state index contributed by atoms with van der Waals surface area (Å²) in [6.07, 6.45) is -20.9. The van der Waals surface area contributed by atoms with Crippen LogP contribution >= 0.6 is 0 Å². The van der Waals surface area contributed by atoms with Gasteiger partial charge in [0, 0.05) is 28.1 Å². The van der Waals surface area contributed by atoms with E-state index in [0.29, 0.717) is 6.21 Å². The molecule has 2 rings (SSSR count). The van der Waals surface area contributed by atoms with Crippen LogP contribution in [0.1, 0.15) is 34.1 Å². The first-order chi connectivity index (χ1) is 29.2. The first kappa shape index (κ1) is 53.2. The lowest BCUT2D eigenvalue weighted by atomic mass is 9.93. The number of aliphatic hydroxyl groups excluding tert-OH is 5. The van der Waals surface area contributed by atoms with E-state index in [1.807, 2.05) is 10.9 Å². The van der Waals surface area contributed by atoms with Gasteiger partial charge in [-0.15, -0.1) is 0 Å². The van der Waals surface area contributed by atoms with E-state index in [9.17, 15) is 64.2 Å². The molecule has 350 valence electrons. The van der Waals surface area contributed by atoms with E-state index in [-0.39, 0.29) is 12.6 Å². The van der Waals surface area contributed by atoms with E-state index in [2.05, 4.69) is 27.4 Å². The maximum atomic E-state index is 12.6. The van der Waals surface area contributed by atoms with Crippen molar-refractivity contribution in [3.05, 3.63) is 12.3 Å². The van der Waals surface area contributed by atoms with E-state index in [1.165, 1.54) is 20.8 Å². The van der Waals surface area contributed by atoms with Crippen LogP contribution in [0, 0.1) is 0 Å². The molecule has 0 aromatic heterocycles. The number of aliphatic carboxylic acids is 1. The topological polar surface area (TPSA) is 388 Å². The van der Waals surface area contributed by atoms with Crippen LogP contribution in [0.4, 0.5) is 0 Å². The fourth-order valence-corrected chi connectivity index (χ4v) is 6.02. The number of aldehydes is 2. The molecule has 0 spiro atoms. The highest BCUT2D eigenvalue weighted by atomic mass is 16.7. The van der Waals surface area contributed by atoms with Crippen LogP contribution in [0.15, 0.2) is 22.5 Å². The molecule has 0 aromatic rings. The molecule has 10 N–H and O–H groups in total. The maximum Gasteiger partial charge on any atom is 0.336 e. The summed E-state index contributed by atoms with van der Waals surface area (Å²) in [6, 6.07) is -2.19. The molecule has 4 amide bonds. The Bertz CT molecular complexity index is 1600. The number of carboxylic acid groups (broad SMARTS) is 1. The van der Waals surface area contributed by atoms with Crippen molar-refractivity contribution >= 4 is 54.6 Å². The molecule has 0 radical (unpaired) electrons. The highest BCUT2D eigenvalue weighted by Crippen LogP contribution is 2.26. The molecule has 0 aromatic carbocycles. The van der Waals surface area contributed by atoms with E-state index < -0.39 is 146 Å². The monoisotopic (exact) mass is 894 g/mol. The number of methoxy groups -OCH3 is 2. The van der Waals surface area contributed by atoms with Gasteiger partial charge in [0.15, 0.2) is 31.3 Å². The Morgan fingerprint density at radius 1 is 0.742 bits per heavy atom. The molecule has 62 heavy (non-hydrogen) atoms. The molecule has 27 nitrogen and oxygen atoms in total. The Kier molecular flexibility index (Phi) is 22.2. The molecular formula is C35H54N6O21. The molecule has 2 heterocycles. The minimum atomic E-state index is -2.06. The smallest absolute Gasteiger partial charge is 0.336 e. The first-order valence-corrected chi connectivity index (χ1v) is 18.6. The van der Waals surface area contributed by atoms with E-state index in [4.69, 9.17) is 37.9 Å². The average molecular weight is 895 g/mol. The highest BCUT2D eigenvalue weighted by molar-refractivity contribution is 5.97. The number of hydrogen-bond donors (Lipinski definition) is 10. The standard InChI is InChI=1S/C35H54N6O21/c1-14(45)30(61-25(13-44)62-32-26(38-17(4)46)15(2)57-20(11-42)28(32)50)19(55-6)9-36-40-22(48)8-23(49)41-37-10-24(59-31(34(52)53)21(12-43)56-7)60-33-27(39-18(5)47)16(3)58-35(54)29(33)51/h9-10,12-13,15-16,19-21,24-33,35,42,45,50-51,54H,1,8,11H2,2-7H3,(H,38,46)(H,39,47)(H,40,48)(H,41,49)(H,52,53)/b36-9+,37-10+. The molecule has 2 aliphatic heterocycles. The van der Waals surface area contributed by atoms with Gasteiger partial charge in [0.05, 0.1) is 43.3 Å². The van der Waals surface area contributed by atoms with E-state index >= 15 is 0 Å². The van der Waals surface area contributed by atoms with E-state index in [1.54, 1.807) is 0 Å². The molecule has 0 bridgehead atoms. The van der Waals surface area contributed by atoms with Gasteiger partial charge in [-0.2, -0.15) is 10.2 Å². The molecule has 2 fully saturated rings. The van der Waals surface area contributed by atoms with Crippen molar-refractivity contribution in [2.75, 3.05) is 20.8 Å². The molecule has 0 saturated carbocycles. The number of carbonyl (C=O) groups excluding carboxylic acids is 6. The van der Waals surface area contributed by atoms with Gasteiger partial charge in [-0.3, -0.25) is 24.0 Å². The molecule has 16 unspecified atom stereocenters. The van der Waals surface area contributed by atoms with Gasteiger partial charge in [0.2, 0.25) is 29.9 Å². The Labute approximate surface area is 353 Å². The summed E-state index contributed by atoms with van der Waals surface area (Å²) in [6.45, 7) is 8.02. The summed E-state index contributed by atoms with van der Waals surface area (Å²) in [5.41, 5.74) is 3.95. The quantitative estimate of drug-likeness (QED) is 0.0102. The predicted octanol–water partition coefficient (Wildman–Crippen LogP) is -5.39. The van der Waals surface area contributed by atoms with Crippen LogP contribution in [-0.4, -0.2) is 204 Å². The first-order valence-electron chi connectivity index (χ1n) is 18.6. The molecular weight excluding hydrogens is 840 g/mol. The van der Waals surface area contributed by atoms with Gasteiger partial charge in [0.1, 0.15) is 61.0 Å². The van der Waals surface area contributed by atoms with Crippen LogP contribution in [-0.2, 0) is 71.5 Å². The zero-order chi connectivity index (χ0) is 46.8. The molecule has 2 saturated heterocycles. The fraction of sp³-hybridized carbons (Fsp3) is 0.686. The molecule has 0 aliphatic carbocycles. The van der Waals surface area contributed by atoms with Crippen LogP contribution in [0.5, 0.6) is 0 Å². The normalized spacial score (nSPS) is 29.3. The third-order valence-corrected chi connectivity index (χ3v) is 8.95. The SMILES string of the molecule is C=C(O)C(OC(C=O)OC1C(O)C(CO)OC(C)C1NC(C)=O)C(/C=N/NC(=O)CC(=O)N/N=C/C(OC(C(=O)O)C(C=O)OC)OC1C(O)C(O)OC(C)C1NC(C)=O)OC. The second kappa shape index (κ2) is 25.9. The van der Waals surface area contributed by atoms with Crippen LogP contribution < -0.4 is 21.5 Å². The average Bonchev–Trinajstić information content (AvgIpc) is 3.20. The number of amides is 4. The minimum Gasteiger partial charge on any atom is -0.510 e. The number of rotatable bonds is 25. The Hall–Kier alpha value is -4.91. The zero-order valence-corrected chi connectivity index (χ0v) is 34.4. The van der Waals surface area contributed by atoms with Gasteiger partial charge >= 0.3 is 5.97 Å². The summed E-state index contributed by atoms with van der Waals surface area (Å²) in [4.78, 5) is 84.4. The van der Waals surface area contributed by atoms with Gasteiger partial charge < -0.3 is 84.0 Å². The number of nitrogens with zero attached hydrogens (tertiary/aromatic N) is 2. The summed E-state index contributed by atoms with van der Waals surface area (Å²) in [5, 5.41) is 73.5. The van der Waals surface area contributed by atoms with Gasteiger partial charge in [-0.1, -0.05) is 6.58 Å². The Morgan fingerprint density at radius 3 is 1.71 bits per heavy atom. The van der Waals surface area contributed by atoms with Gasteiger partial charge in [0.25, 0.3) is 0 Å². The molecule has 2 aliphatic rings. The number of hydrogen-bond acceptors (Lipinski definition) is 22. The summed E-state index contributed by atoms with van der Waals surface area (Å²) < 4.78 is 43.1. The summed E-state index contributed by atoms with van der Waals surface area (Å²) in [5.74, 6) is -5.72. The minimum absolute atomic E-state index is 0.115. The number of ether oxygens (including phenoxy) is 8. The number of hydrazone groups is 2. The van der Waals surface area contributed by atoms with Crippen molar-refractivity contribution < 1.29 is 102 Å². The summed E-state index contributed by atoms with van der Waals surface area (Å²) >= 11 is 0.